The van der Waals surface area contributed by atoms with Crippen molar-refractivity contribution in [3.63, 3.8) is 0 Å². The van der Waals surface area contributed by atoms with Gasteiger partial charge in [0.2, 0.25) is 0 Å². The zero-order chi connectivity index (χ0) is 13.7. The number of phenols is 1. The Morgan fingerprint density at radius 3 is 2.32 bits per heavy atom. The second-order valence-corrected chi connectivity index (χ2v) is 4.63. The van der Waals surface area contributed by atoms with Gasteiger partial charge in [-0.1, -0.05) is 30.4 Å². The predicted octanol–water partition coefficient (Wildman–Crippen LogP) is 4.27. The quantitative estimate of drug-likeness (QED) is 0.515. The molecule has 0 aliphatic carbocycles. The fourth-order valence-corrected chi connectivity index (χ4v) is 1.92. The molecule has 2 nitrogen and oxygen atoms in total. The number of aromatic hydroxyl groups is 1. The highest BCUT2D eigenvalue weighted by Gasteiger charge is 2.02. The number of halogens is 1. The summed E-state index contributed by atoms with van der Waals surface area (Å²) in [4.78, 5) is 0.323. The van der Waals surface area contributed by atoms with Gasteiger partial charge in [-0.3, -0.25) is 0 Å². The maximum atomic E-state index is 13.6. The molecule has 4 heteroatoms. The van der Waals surface area contributed by atoms with Crippen LogP contribution in [-0.2, 0) is 0 Å². The number of nitriles is 1. The normalized spacial score (nSPS) is 10.5. The van der Waals surface area contributed by atoms with E-state index in [0.29, 0.717) is 10.5 Å². The molecule has 0 aliphatic rings. The Morgan fingerprint density at radius 2 is 1.68 bits per heavy atom. The van der Waals surface area contributed by atoms with Crippen LogP contribution in [0.3, 0.4) is 0 Å². The van der Waals surface area contributed by atoms with Crippen LogP contribution >= 0.6 is 11.8 Å². The molecule has 0 bridgehead atoms. The number of hydrogen-bond acceptors (Lipinski definition) is 3. The molecule has 1 N–H and O–H groups in total. The molecule has 2 aromatic rings. The van der Waals surface area contributed by atoms with Crippen molar-refractivity contribution in [1.82, 2.24) is 0 Å². The summed E-state index contributed by atoms with van der Waals surface area (Å²) in [7, 11) is 0. The van der Waals surface area contributed by atoms with Crippen LogP contribution in [-0.4, -0.2) is 5.11 Å². The second-order valence-electron chi connectivity index (χ2n) is 3.81. The molecule has 2 rings (SSSR count). The summed E-state index contributed by atoms with van der Waals surface area (Å²) < 4.78 is 13.6. The Morgan fingerprint density at radius 1 is 1.05 bits per heavy atom. The molecule has 94 valence electrons. The van der Waals surface area contributed by atoms with E-state index in [4.69, 9.17) is 10.4 Å². The van der Waals surface area contributed by atoms with Crippen molar-refractivity contribution in [3.8, 4) is 11.2 Å². The second kappa shape index (κ2) is 6.07. The fourth-order valence-electron chi connectivity index (χ4n) is 1.53. The van der Waals surface area contributed by atoms with Gasteiger partial charge in [0.15, 0.2) is 0 Å². The molecule has 0 spiro atoms. The first kappa shape index (κ1) is 13.2. The number of thiocyanates is 1. The zero-order valence-corrected chi connectivity index (χ0v) is 10.7. The van der Waals surface area contributed by atoms with Gasteiger partial charge in [-0.15, -0.1) is 0 Å². The summed E-state index contributed by atoms with van der Waals surface area (Å²) in [5.74, 6) is -0.194. The van der Waals surface area contributed by atoms with Crippen LogP contribution in [0.25, 0.3) is 12.2 Å². The third kappa shape index (κ3) is 3.60. The third-order valence-corrected chi connectivity index (χ3v) is 3.12. The zero-order valence-electron chi connectivity index (χ0n) is 9.88. The van der Waals surface area contributed by atoms with E-state index in [-0.39, 0.29) is 5.75 Å². The van der Waals surface area contributed by atoms with Crippen LogP contribution in [0.4, 0.5) is 4.39 Å². The Hall–Kier alpha value is -2.25. The van der Waals surface area contributed by atoms with Crippen molar-refractivity contribution < 1.29 is 9.50 Å². The van der Waals surface area contributed by atoms with Gasteiger partial charge in [-0.25, -0.2) is 4.39 Å². The molecule has 0 heterocycles. The first-order valence-corrected chi connectivity index (χ1v) is 6.33. The smallest absolute Gasteiger partial charge is 0.138 e. The van der Waals surface area contributed by atoms with Gasteiger partial charge in [0.05, 0.1) is 4.90 Å². The molecule has 0 radical (unpaired) electrons. The van der Waals surface area contributed by atoms with Gasteiger partial charge < -0.3 is 5.11 Å². The highest BCUT2D eigenvalue weighted by atomic mass is 32.2. The van der Waals surface area contributed by atoms with Gasteiger partial charge in [-0.2, -0.15) is 5.26 Å². The lowest BCUT2D eigenvalue weighted by atomic mass is 10.1. The van der Waals surface area contributed by atoms with Crippen molar-refractivity contribution in [1.29, 1.82) is 5.26 Å². The fraction of sp³-hybridized carbons (Fsp3) is 0. The molecule has 0 unspecified atom stereocenters. The third-order valence-electron chi connectivity index (χ3n) is 2.47. The van der Waals surface area contributed by atoms with Gasteiger partial charge in [-0.05, 0) is 47.2 Å². The summed E-state index contributed by atoms with van der Waals surface area (Å²) in [6.45, 7) is 0. The van der Waals surface area contributed by atoms with E-state index in [9.17, 15) is 4.39 Å². The summed E-state index contributed by atoms with van der Waals surface area (Å²) in [6.07, 6.45) is 3.60. The maximum Gasteiger partial charge on any atom is 0.138 e. The molecule has 0 saturated carbocycles. The summed E-state index contributed by atoms with van der Waals surface area (Å²) in [6, 6.07) is 11.4. The average molecular weight is 271 g/mol. The van der Waals surface area contributed by atoms with Crippen LogP contribution < -0.4 is 0 Å². The van der Waals surface area contributed by atoms with E-state index in [1.807, 2.05) is 11.5 Å². The molecule has 19 heavy (non-hydrogen) atoms. The van der Waals surface area contributed by atoms with Gasteiger partial charge in [0, 0.05) is 0 Å². The Labute approximate surface area is 114 Å². The lowest BCUT2D eigenvalue weighted by Crippen LogP contribution is -1.81. The number of benzene rings is 2. The van der Waals surface area contributed by atoms with Crippen LogP contribution in [0.5, 0.6) is 5.75 Å². The Bertz CT molecular complexity index is 644. The van der Waals surface area contributed by atoms with E-state index in [2.05, 4.69) is 0 Å². The number of phenolic OH excluding ortho intramolecular Hbond substituents is 1. The lowest BCUT2D eigenvalue weighted by Gasteiger charge is -1.99. The minimum atomic E-state index is -0.403. The van der Waals surface area contributed by atoms with Gasteiger partial charge in [0.1, 0.15) is 17.0 Å². The number of nitrogens with zero attached hydrogens (tertiary/aromatic N) is 1. The highest BCUT2D eigenvalue weighted by Crippen LogP contribution is 2.22. The lowest BCUT2D eigenvalue weighted by molar-refractivity contribution is 0.475. The van der Waals surface area contributed by atoms with Crippen LogP contribution in [0.15, 0.2) is 47.4 Å². The van der Waals surface area contributed by atoms with E-state index >= 15 is 0 Å². The van der Waals surface area contributed by atoms with Gasteiger partial charge >= 0.3 is 0 Å². The minimum Gasteiger partial charge on any atom is -0.508 e. The Balaban J connectivity index is 2.17. The first-order valence-electron chi connectivity index (χ1n) is 5.51. The van der Waals surface area contributed by atoms with E-state index in [1.165, 1.54) is 6.07 Å². The average Bonchev–Trinajstić information content (AvgIpc) is 2.41. The summed E-state index contributed by atoms with van der Waals surface area (Å²) in [5.41, 5.74) is 1.63. The van der Waals surface area contributed by atoms with Crippen molar-refractivity contribution in [3.05, 3.63) is 59.4 Å². The first-order chi connectivity index (χ1) is 9.19. The van der Waals surface area contributed by atoms with Crippen LogP contribution in [0.2, 0.25) is 0 Å². The van der Waals surface area contributed by atoms with Crippen molar-refractivity contribution in [2.75, 3.05) is 0 Å². The standard InChI is InChI=1S/C15H10FNOS/c16-14-9-12(5-8-15(14)19-10-17)2-1-11-3-6-13(18)7-4-11/h1-9,18H. The molecular weight excluding hydrogens is 261 g/mol. The highest BCUT2D eigenvalue weighted by molar-refractivity contribution is 8.03. The number of hydrogen-bond donors (Lipinski definition) is 1. The molecule has 0 saturated heterocycles. The predicted molar refractivity (Wildman–Crippen MR) is 74.9 cm³/mol. The molecule has 0 amide bonds. The van der Waals surface area contributed by atoms with Crippen molar-refractivity contribution >= 4 is 23.9 Å². The summed E-state index contributed by atoms with van der Waals surface area (Å²) >= 11 is 0.805. The maximum absolute atomic E-state index is 13.6. The molecule has 0 aromatic heterocycles. The van der Waals surface area contributed by atoms with E-state index in [1.54, 1.807) is 42.5 Å². The topological polar surface area (TPSA) is 44.0 Å². The van der Waals surface area contributed by atoms with Gasteiger partial charge in [0.25, 0.3) is 0 Å². The van der Waals surface area contributed by atoms with Crippen molar-refractivity contribution in [2.24, 2.45) is 0 Å². The SMILES string of the molecule is N#CSc1ccc(C=Cc2ccc(O)cc2)cc1F. The minimum absolute atomic E-state index is 0.209. The summed E-state index contributed by atoms with van der Waals surface area (Å²) in [5, 5.41) is 19.5. The molecule has 2 aromatic carbocycles. The largest absolute Gasteiger partial charge is 0.508 e. The monoisotopic (exact) mass is 271 g/mol. The number of rotatable bonds is 3. The molecule has 0 aliphatic heterocycles. The molecule has 0 atom stereocenters. The molecule has 0 fully saturated rings. The number of thioether (sulfide) groups is 1. The van der Waals surface area contributed by atoms with Crippen molar-refractivity contribution in [2.45, 2.75) is 4.90 Å². The van der Waals surface area contributed by atoms with Crippen LogP contribution in [0, 0.1) is 16.5 Å². The molecular formula is C15H10FNOS. The van der Waals surface area contributed by atoms with Crippen LogP contribution in [0.1, 0.15) is 11.1 Å². The van der Waals surface area contributed by atoms with E-state index < -0.39 is 5.82 Å². The van der Waals surface area contributed by atoms with E-state index in [0.717, 1.165) is 17.3 Å². The Kier molecular flexibility index (Phi) is 4.22.